The molecular weight excluding hydrogens is 641 g/mol. The third-order valence-corrected chi connectivity index (χ3v) is 9.16. The van der Waals surface area contributed by atoms with E-state index < -0.39 is 34.4 Å². The van der Waals surface area contributed by atoms with Gasteiger partial charge < -0.3 is 15.0 Å². The van der Waals surface area contributed by atoms with Crippen molar-refractivity contribution in [3.63, 3.8) is 0 Å². The lowest BCUT2D eigenvalue weighted by Gasteiger charge is -2.33. The Hall–Kier alpha value is -2.79. The number of sulfonamides is 1. The van der Waals surface area contributed by atoms with Crippen LogP contribution in [0.5, 0.6) is 5.75 Å². The highest BCUT2D eigenvalue weighted by atomic mass is 79.9. The van der Waals surface area contributed by atoms with Crippen LogP contribution in [0.3, 0.4) is 0 Å². The second-order valence-corrected chi connectivity index (χ2v) is 12.2. The molecule has 12 heteroatoms. The second kappa shape index (κ2) is 14.2. The molecule has 0 aliphatic carbocycles. The SMILES string of the molecule is CCOc1ccc(N(CC(=O)N(Cc2c(Cl)cccc2Cl)[C@@H](CC)C(=O)NC)S(=O)(=O)c2ccc(Br)cc2)cc1. The average Bonchev–Trinajstić information content (AvgIpc) is 2.93. The van der Waals surface area contributed by atoms with Crippen molar-refractivity contribution in [2.45, 2.75) is 37.8 Å². The van der Waals surface area contributed by atoms with Gasteiger partial charge in [0.05, 0.1) is 17.2 Å². The van der Waals surface area contributed by atoms with Crippen LogP contribution < -0.4 is 14.4 Å². The van der Waals surface area contributed by atoms with E-state index >= 15 is 0 Å². The molecule has 0 aromatic heterocycles. The Morgan fingerprint density at radius 1 is 0.975 bits per heavy atom. The van der Waals surface area contributed by atoms with Crippen LogP contribution in [0.1, 0.15) is 25.8 Å². The molecule has 2 amide bonds. The van der Waals surface area contributed by atoms with Crippen molar-refractivity contribution in [2.24, 2.45) is 0 Å². The molecule has 0 spiro atoms. The normalized spacial score (nSPS) is 11.9. The van der Waals surface area contributed by atoms with E-state index in [2.05, 4.69) is 21.2 Å². The highest BCUT2D eigenvalue weighted by Gasteiger charge is 2.34. The summed E-state index contributed by atoms with van der Waals surface area (Å²) in [6, 6.07) is 16.6. The predicted octanol–water partition coefficient (Wildman–Crippen LogP) is 5.90. The summed E-state index contributed by atoms with van der Waals surface area (Å²) in [6.07, 6.45) is 0.274. The molecule has 0 saturated carbocycles. The maximum absolute atomic E-state index is 14.0. The van der Waals surface area contributed by atoms with E-state index in [0.717, 1.165) is 4.31 Å². The number of amides is 2. The minimum atomic E-state index is -4.20. The number of hydrogen-bond acceptors (Lipinski definition) is 5. The largest absolute Gasteiger partial charge is 0.494 e. The van der Waals surface area contributed by atoms with Gasteiger partial charge in [0.2, 0.25) is 11.8 Å². The van der Waals surface area contributed by atoms with Gasteiger partial charge in [-0.3, -0.25) is 13.9 Å². The van der Waals surface area contributed by atoms with E-state index in [1.807, 2.05) is 6.92 Å². The molecule has 40 heavy (non-hydrogen) atoms. The van der Waals surface area contributed by atoms with Gasteiger partial charge >= 0.3 is 0 Å². The smallest absolute Gasteiger partial charge is 0.264 e. The zero-order valence-corrected chi connectivity index (χ0v) is 26.1. The van der Waals surface area contributed by atoms with Crippen molar-refractivity contribution in [3.8, 4) is 5.75 Å². The van der Waals surface area contributed by atoms with Gasteiger partial charge in [-0.15, -0.1) is 0 Å². The Kier molecular flexibility index (Phi) is 11.3. The fourth-order valence-electron chi connectivity index (χ4n) is 4.08. The molecule has 0 radical (unpaired) electrons. The number of likely N-dealkylation sites (N-methyl/N-ethyl adjacent to an activating group) is 1. The summed E-state index contributed by atoms with van der Waals surface area (Å²) in [5.74, 6) is -0.456. The first-order valence-electron chi connectivity index (χ1n) is 12.5. The quantitative estimate of drug-likeness (QED) is 0.259. The van der Waals surface area contributed by atoms with E-state index in [4.69, 9.17) is 27.9 Å². The Balaban J connectivity index is 2.09. The van der Waals surface area contributed by atoms with Gasteiger partial charge in [0.1, 0.15) is 18.3 Å². The van der Waals surface area contributed by atoms with Gasteiger partial charge in [-0.1, -0.05) is 52.1 Å². The first-order chi connectivity index (χ1) is 19.0. The number of ether oxygens (including phenoxy) is 1. The fraction of sp³-hybridized carbons (Fsp3) is 0.286. The summed E-state index contributed by atoms with van der Waals surface area (Å²) in [5, 5.41) is 3.23. The maximum atomic E-state index is 14.0. The highest BCUT2D eigenvalue weighted by Crippen LogP contribution is 2.30. The summed E-state index contributed by atoms with van der Waals surface area (Å²) >= 11 is 16.1. The van der Waals surface area contributed by atoms with Crippen LogP contribution in [0.25, 0.3) is 0 Å². The molecule has 3 aromatic rings. The Labute approximate surface area is 253 Å². The molecule has 0 saturated heterocycles. The lowest BCUT2D eigenvalue weighted by atomic mass is 10.1. The predicted molar refractivity (Wildman–Crippen MR) is 161 cm³/mol. The van der Waals surface area contributed by atoms with Crippen LogP contribution in [0, 0.1) is 0 Å². The lowest BCUT2D eigenvalue weighted by molar-refractivity contribution is -0.140. The van der Waals surface area contributed by atoms with E-state index in [-0.39, 0.29) is 23.5 Å². The number of hydrogen-bond donors (Lipinski definition) is 1. The number of carbonyl (C=O) groups is 2. The third kappa shape index (κ3) is 7.48. The van der Waals surface area contributed by atoms with E-state index in [9.17, 15) is 18.0 Å². The third-order valence-electron chi connectivity index (χ3n) is 6.14. The molecule has 0 fully saturated rings. The molecular formula is C28H30BrCl2N3O5S. The zero-order chi connectivity index (χ0) is 29.4. The van der Waals surface area contributed by atoms with E-state index in [0.29, 0.717) is 32.4 Å². The molecule has 3 aromatic carbocycles. The standard InChI is InChI=1S/C28H30BrCl2N3O5S/c1-4-26(28(36)32-3)33(17-23-24(30)7-6-8-25(23)31)27(35)18-34(20-11-13-21(14-12-20)39-5-2)40(37,38)22-15-9-19(29)10-16-22/h6-16,26H,4-5,17-18H2,1-3H3,(H,32,36)/t26-/m0/s1. The number of halogens is 3. The van der Waals surface area contributed by atoms with Crippen LogP contribution in [0.15, 0.2) is 76.1 Å². The average molecular weight is 671 g/mol. The second-order valence-electron chi connectivity index (χ2n) is 8.65. The van der Waals surface area contributed by atoms with Gasteiger partial charge in [-0.25, -0.2) is 8.42 Å². The van der Waals surface area contributed by atoms with Crippen LogP contribution in [-0.2, 0) is 26.2 Å². The fourth-order valence-corrected chi connectivity index (χ4v) is 6.27. The summed E-state index contributed by atoms with van der Waals surface area (Å²) < 4.78 is 35.0. The molecule has 0 aliphatic heterocycles. The van der Waals surface area contributed by atoms with Crippen LogP contribution >= 0.6 is 39.1 Å². The van der Waals surface area contributed by atoms with Gasteiger partial charge in [0, 0.05) is 33.7 Å². The number of carbonyl (C=O) groups excluding carboxylic acids is 2. The van der Waals surface area contributed by atoms with Crippen molar-refractivity contribution >= 4 is 66.7 Å². The first-order valence-corrected chi connectivity index (χ1v) is 15.5. The van der Waals surface area contributed by atoms with Gasteiger partial charge in [0.25, 0.3) is 10.0 Å². The summed E-state index contributed by atoms with van der Waals surface area (Å²) in [5.41, 5.74) is 0.702. The molecule has 0 unspecified atom stereocenters. The number of nitrogens with zero attached hydrogens (tertiary/aromatic N) is 2. The van der Waals surface area contributed by atoms with Crippen molar-refractivity contribution in [2.75, 3.05) is 24.5 Å². The lowest BCUT2D eigenvalue weighted by Crippen LogP contribution is -2.51. The van der Waals surface area contributed by atoms with Crippen LogP contribution in [-0.4, -0.2) is 51.4 Å². The molecule has 3 rings (SSSR count). The molecule has 1 N–H and O–H groups in total. The molecule has 0 heterocycles. The number of benzene rings is 3. The summed E-state index contributed by atoms with van der Waals surface area (Å²) in [7, 11) is -2.73. The molecule has 0 aliphatic rings. The van der Waals surface area contributed by atoms with Gasteiger partial charge in [-0.2, -0.15) is 0 Å². The topological polar surface area (TPSA) is 96.0 Å². The minimum Gasteiger partial charge on any atom is -0.494 e. The number of nitrogens with one attached hydrogen (secondary N) is 1. The number of rotatable bonds is 12. The van der Waals surface area contributed by atoms with E-state index in [1.54, 1.807) is 61.5 Å². The van der Waals surface area contributed by atoms with Crippen molar-refractivity contribution < 1.29 is 22.7 Å². The van der Waals surface area contributed by atoms with Crippen LogP contribution in [0.4, 0.5) is 5.69 Å². The van der Waals surface area contributed by atoms with Gasteiger partial charge in [0.15, 0.2) is 0 Å². The zero-order valence-electron chi connectivity index (χ0n) is 22.2. The van der Waals surface area contributed by atoms with Gasteiger partial charge in [-0.05, 0) is 74.0 Å². The Morgan fingerprint density at radius 2 is 1.57 bits per heavy atom. The summed E-state index contributed by atoms with van der Waals surface area (Å²) in [6.45, 7) is 3.36. The summed E-state index contributed by atoms with van der Waals surface area (Å²) in [4.78, 5) is 28.1. The monoisotopic (exact) mass is 669 g/mol. The van der Waals surface area contributed by atoms with Crippen molar-refractivity contribution in [1.29, 1.82) is 0 Å². The highest BCUT2D eigenvalue weighted by molar-refractivity contribution is 9.10. The Bertz CT molecular complexity index is 1420. The maximum Gasteiger partial charge on any atom is 0.264 e. The van der Waals surface area contributed by atoms with Crippen molar-refractivity contribution in [1.82, 2.24) is 10.2 Å². The molecule has 8 nitrogen and oxygen atoms in total. The minimum absolute atomic E-state index is 0.00331. The van der Waals surface area contributed by atoms with E-state index in [1.165, 1.54) is 24.1 Å². The van der Waals surface area contributed by atoms with Crippen LogP contribution in [0.2, 0.25) is 10.0 Å². The molecule has 214 valence electrons. The Morgan fingerprint density at radius 3 is 2.10 bits per heavy atom. The molecule has 0 bridgehead atoms. The first kappa shape index (κ1) is 31.7. The molecule has 1 atom stereocenters. The van der Waals surface area contributed by atoms with Crippen molar-refractivity contribution in [3.05, 3.63) is 86.8 Å². The number of anilines is 1.